The van der Waals surface area contributed by atoms with Gasteiger partial charge in [-0.15, -0.1) is 0 Å². The summed E-state index contributed by atoms with van der Waals surface area (Å²) in [5, 5.41) is 15.9. The molecule has 0 bridgehead atoms. The zero-order chi connectivity index (χ0) is 18.1. The maximum Gasteiger partial charge on any atom is 0.336 e. The molecule has 0 saturated heterocycles. The van der Waals surface area contributed by atoms with Gasteiger partial charge in [-0.3, -0.25) is 4.68 Å². The normalized spacial score (nSPS) is 12.5. The highest BCUT2D eigenvalue weighted by atomic mass is 35.5. The number of nitrogens with zero attached hydrogens (tertiary/aromatic N) is 2. The van der Waals surface area contributed by atoms with Crippen LogP contribution in [-0.2, 0) is 6.54 Å². The van der Waals surface area contributed by atoms with Gasteiger partial charge < -0.3 is 14.3 Å². The summed E-state index contributed by atoms with van der Waals surface area (Å²) >= 11 is 6.10. The Bertz CT molecular complexity index is 977. The van der Waals surface area contributed by atoms with Gasteiger partial charge in [0.1, 0.15) is 24.0 Å². The highest BCUT2D eigenvalue weighted by molar-refractivity contribution is 6.31. The minimum Gasteiger partial charge on any atom is -0.491 e. The molecule has 0 saturated carbocycles. The van der Waals surface area contributed by atoms with Crippen molar-refractivity contribution in [1.29, 1.82) is 0 Å². The highest BCUT2D eigenvalue weighted by Crippen LogP contribution is 2.23. The third kappa shape index (κ3) is 3.70. The Balaban J connectivity index is 1.69. The summed E-state index contributed by atoms with van der Waals surface area (Å²) in [4.78, 5) is 11.5. The maximum absolute atomic E-state index is 11.5. The molecule has 0 aliphatic carbocycles. The predicted molar refractivity (Wildman–Crippen MR) is 95.4 cm³/mol. The summed E-state index contributed by atoms with van der Waals surface area (Å²) in [5.74, 6) is 0.520. The standard InChI is InChI=1S/C18H19ClN2O4/c1-10-6-17(23)25-16-7-14(4-5-15(10)16)24-9-13(22)8-21-12(3)18(19)11(2)20-21/h4-7,13,22H,8-9H2,1-3H3. The molecule has 7 heteroatoms. The van der Waals surface area contributed by atoms with Gasteiger partial charge in [-0.2, -0.15) is 5.10 Å². The monoisotopic (exact) mass is 362 g/mol. The largest absolute Gasteiger partial charge is 0.491 e. The molecule has 1 aromatic carbocycles. The molecule has 0 aliphatic rings. The summed E-state index contributed by atoms with van der Waals surface area (Å²) in [6.45, 7) is 5.88. The van der Waals surface area contributed by atoms with Crippen LogP contribution < -0.4 is 10.4 Å². The van der Waals surface area contributed by atoms with E-state index < -0.39 is 11.7 Å². The van der Waals surface area contributed by atoms with E-state index in [9.17, 15) is 9.90 Å². The molecule has 1 N–H and O–H groups in total. The van der Waals surface area contributed by atoms with Crippen molar-refractivity contribution in [3.8, 4) is 5.75 Å². The second-order valence-corrected chi connectivity index (χ2v) is 6.42. The maximum atomic E-state index is 11.5. The molecule has 2 aromatic heterocycles. The van der Waals surface area contributed by atoms with Crippen LogP contribution in [0, 0.1) is 20.8 Å². The average Bonchev–Trinajstić information content (AvgIpc) is 2.79. The lowest BCUT2D eigenvalue weighted by atomic mass is 10.1. The number of fused-ring (bicyclic) bond motifs is 1. The molecular formula is C18H19ClN2O4. The Hall–Kier alpha value is -2.31. The van der Waals surface area contributed by atoms with Crippen molar-refractivity contribution in [1.82, 2.24) is 9.78 Å². The Labute approximate surface area is 149 Å². The summed E-state index contributed by atoms with van der Waals surface area (Å²) in [5.41, 5.74) is 2.44. The van der Waals surface area contributed by atoms with Crippen LogP contribution in [0.1, 0.15) is 17.0 Å². The van der Waals surface area contributed by atoms with Crippen molar-refractivity contribution in [3.05, 3.63) is 56.7 Å². The highest BCUT2D eigenvalue weighted by Gasteiger charge is 2.14. The lowest BCUT2D eigenvalue weighted by molar-refractivity contribution is 0.0887. The molecule has 0 spiro atoms. The first-order valence-corrected chi connectivity index (χ1v) is 8.28. The minimum absolute atomic E-state index is 0.0809. The van der Waals surface area contributed by atoms with E-state index in [0.29, 0.717) is 16.4 Å². The van der Waals surface area contributed by atoms with Crippen molar-refractivity contribution >= 4 is 22.6 Å². The van der Waals surface area contributed by atoms with Gasteiger partial charge in [0.15, 0.2) is 0 Å². The Morgan fingerprint density at radius 1 is 1.32 bits per heavy atom. The van der Waals surface area contributed by atoms with Gasteiger partial charge in [-0.25, -0.2) is 4.79 Å². The average molecular weight is 363 g/mol. The van der Waals surface area contributed by atoms with E-state index in [-0.39, 0.29) is 13.2 Å². The quantitative estimate of drug-likeness (QED) is 0.706. The van der Waals surface area contributed by atoms with Crippen molar-refractivity contribution in [3.63, 3.8) is 0 Å². The van der Waals surface area contributed by atoms with Crippen LogP contribution in [0.5, 0.6) is 5.75 Å². The number of aryl methyl sites for hydroxylation is 2. The van der Waals surface area contributed by atoms with Crippen LogP contribution in [0.4, 0.5) is 0 Å². The lowest BCUT2D eigenvalue weighted by Gasteiger charge is -2.14. The zero-order valence-corrected chi connectivity index (χ0v) is 15.0. The van der Waals surface area contributed by atoms with Gasteiger partial charge in [0.05, 0.1) is 23.0 Å². The van der Waals surface area contributed by atoms with Crippen LogP contribution in [0.25, 0.3) is 11.0 Å². The third-order valence-electron chi connectivity index (χ3n) is 4.04. The Morgan fingerprint density at radius 3 is 2.76 bits per heavy atom. The fourth-order valence-electron chi connectivity index (χ4n) is 2.69. The second-order valence-electron chi connectivity index (χ2n) is 6.04. The molecule has 2 heterocycles. The van der Waals surface area contributed by atoms with Crippen LogP contribution in [0.15, 0.2) is 33.5 Å². The molecule has 3 aromatic rings. The van der Waals surface area contributed by atoms with Crippen molar-refractivity contribution < 1.29 is 14.3 Å². The molecular weight excluding hydrogens is 344 g/mol. The number of aliphatic hydroxyl groups excluding tert-OH is 1. The molecule has 132 valence electrons. The molecule has 1 unspecified atom stereocenters. The smallest absolute Gasteiger partial charge is 0.336 e. The zero-order valence-electron chi connectivity index (χ0n) is 14.2. The second kappa shape index (κ2) is 6.90. The van der Waals surface area contributed by atoms with Crippen LogP contribution in [-0.4, -0.2) is 27.6 Å². The van der Waals surface area contributed by atoms with Gasteiger partial charge in [-0.05, 0) is 38.5 Å². The van der Waals surface area contributed by atoms with Crippen molar-refractivity contribution in [2.24, 2.45) is 0 Å². The fraction of sp³-hybridized carbons (Fsp3) is 0.333. The lowest BCUT2D eigenvalue weighted by Crippen LogP contribution is -2.24. The summed E-state index contributed by atoms with van der Waals surface area (Å²) < 4.78 is 12.5. The van der Waals surface area contributed by atoms with E-state index in [2.05, 4.69) is 5.10 Å². The molecule has 0 radical (unpaired) electrons. The first-order chi connectivity index (χ1) is 11.8. The SMILES string of the molecule is Cc1nn(CC(O)COc2ccc3c(C)cc(=O)oc3c2)c(C)c1Cl. The number of rotatable bonds is 5. The molecule has 6 nitrogen and oxygen atoms in total. The first kappa shape index (κ1) is 17.5. The number of aliphatic hydroxyl groups is 1. The van der Waals surface area contributed by atoms with Gasteiger partial charge >= 0.3 is 5.63 Å². The summed E-state index contributed by atoms with van der Waals surface area (Å²) in [6, 6.07) is 6.71. The molecule has 0 amide bonds. The summed E-state index contributed by atoms with van der Waals surface area (Å²) in [6.07, 6.45) is -0.755. The van der Waals surface area contributed by atoms with E-state index in [1.54, 1.807) is 16.8 Å². The van der Waals surface area contributed by atoms with E-state index in [4.69, 9.17) is 20.8 Å². The molecule has 0 aliphatic heterocycles. The van der Waals surface area contributed by atoms with Crippen LogP contribution in [0.2, 0.25) is 5.02 Å². The van der Waals surface area contributed by atoms with Crippen LogP contribution >= 0.6 is 11.6 Å². The van der Waals surface area contributed by atoms with E-state index in [0.717, 1.165) is 22.3 Å². The fourth-order valence-corrected chi connectivity index (χ4v) is 2.83. The van der Waals surface area contributed by atoms with E-state index in [1.165, 1.54) is 6.07 Å². The van der Waals surface area contributed by atoms with E-state index in [1.807, 2.05) is 26.8 Å². The number of benzene rings is 1. The third-order valence-corrected chi connectivity index (χ3v) is 4.59. The van der Waals surface area contributed by atoms with Gasteiger partial charge in [0, 0.05) is 17.5 Å². The Morgan fingerprint density at radius 2 is 2.08 bits per heavy atom. The molecule has 0 fully saturated rings. The number of hydrogen-bond donors (Lipinski definition) is 1. The van der Waals surface area contributed by atoms with E-state index >= 15 is 0 Å². The van der Waals surface area contributed by atoms with Crippen LogP contribution in [0.3, 0.4) is 0 Å². The number of ether oxygens (including phenoxy) is 1. The topological polar surface area (TPSA) is 77.5 Å². The summed E-state index contributed by atoms with van der Waals surface area (Å²) in [7, 11) is 0. The number of halogens is 1. The predicted octanol–water partition coefficient (Wildman–Crippen LogP) is 3.01. The van der Waals surface area contributed by atoms with Gasteiger partial charge in [0.25, 0.3) is 0 Å². The van der Waals surface area contributed by atoms with Gasteiger partial charge in [0.2, 0.25) is 0 Å². The molecule has 3 rings (SSSR count). The van der Waals surface area contributed by atoms with Crippen molar-refractivity contribution in [2.45, 2.75) is 33.4 Å². The minimum atomic E-state index is -0.755. The van der Waals surface area contributed by atoms with Gasteiger partial charge in [-0.1, -0.05) is 11.6 Å². The number of hydrogen-bond acceptors (Lipinski definition) is 5. The first-order valence-electron chi connectivity index (χ1n) is 7.90. The number of aromatic nitrogens is 2. The van der Waals surface area contributed by atoms with Crippen molar-refractivity contribution in [2.75, 3.05) is 6.61 Å². The molecule has 25 heavy (non-hydrogen) atoms. The Kier molecular flexibility index (Phi) is 4.83. The molecule has 1 atom stereocenters.